The normalized spacial score (nSPS) is 19.3. The molecule has 4 amide bonds. The van der Waals surface area contributed by atoms with E-state index in [9.17, 15) is 33.1 Å². The maximum Gasteiger partial charge on any atom is 0.408 e. The third-order valence-electron chi connectivity index (χ3n) is 9.17. The van der Waals surface area contributed by atoms with Gasteiger partial charge in [-0.3, -0.25) is 19.3 Å². The van der Waals surface area contributed by atoms with Crippen LogP contribution in [0.3, 0.4) is 0 Å². The number of amides is 4. The van der Waals surface area contributed by atoms with E-state index in [2.05, 4.69) is 15.6 Å². The highest BCUT2D eigenvalue weighted by molar-refractivity contribution is 6.35. The van der Waals surface area contributed by atoms with Gasteiger partial charge < -0.3 is 26.5 Å². The van der Waals surface area contributed by atoms with Gasteiger partial charge >= 0.3 is 6.09 Å². The monoisotopic (exact) mass is 659 g/mol. The number of carbonyl (C=O) groups is 4. The van der Waals surface area contributed by atoms with E-state index in [0.717, 1.165) is 11.0 Å². The fourth-order valence-corrected chi connectivity index (χ4v) is 6.38. The largest absolute Gasteiger partial charge is 0.465 e. The van der Waals surface area contributed by atoms with Crippen LogP contribution in [-0.2, 0) is 33.8 Å². The van der Waals surface area contributed by atoms with Crippen LogP contribution in [-0.4, -0.2) is 62.6 Å². The van der Waals surface area contributed by atoms with Gasteiger partial charge in [0.05, 0.1) is 10.5 Å². The lowest BCUT2D eigenvalue weighted by Gasteiger charge is -2.41. The number of hydrogen-bond donors (Lipinski definition) is 5. The highest BCUT2D eigenvalue weighted by atomic mass is 35.5. The minimum Gasteiger partial charge on any atom is -0.465 e. The molecule has 10 nitrogen and oxygen atoms in total. The maximum absolute atomic E-state index is 14.9. The molecule has 3 unspecified atom stereocenters. The molecule has 0 radical (unpaired) electrons. The minimum atomic E-state index is -1.74. The van der Waals surface area contributed by atoms with E-state index in [0.29, 0.717) is 34.1 Å². The first-order chi connectivity index (χ1) is 21.7. The minimum absolute atomic E-state index is 0.0223. The maximum atomic E-state index is 14.9. The van der Waals surface area contributed by atoms with Gasteiger partial charge in [-0.25, -0.2) is 13.6 Å². The number of aromatic amines is 1. The Bertz CT molecular complexity index is 1620. The molecular formula is C33H40ClF2N5O5. The molecule has 248 valence electrons. The number of carbonyl (C=O) groups excluding carboxylic acids is 3. The molecule has 1 aromatic heterocycles. The molecule has 2 aromatic carbocycles. The van der Waals surface area contributed by atoms with Crippen molar-refractivity contribution in [3.05, 3.63) is 70.1 Å². The number of benzene rings is 2. The molecule has 1 aliphatic carbocycles. The molecule has 0 aliphatic heterocycles. The Hall–Kier alpha value is -4.19. The molecular weight excluding hydrogens is 620 g/mol. The van der Waals surface area contributed by atoms with Crippen molar-refractivity contribution in [1.29, 1.82) is 0 Å². The van der Waals surface area contributed by atoms with Crippen LogP contribution in [0.1, 0.15) is 57.4 Å². The zero-order chi connectivity index (χ0) is 33.9. The van der Waals surface area contributed by atoms with Gasteiger partial charge in [0, 0.05) is 30.0 Å². The molecule has 0 fully saturated rings. The van der Waals surface area contributed by atoms with E-state index >= 15 is 0 Å². The molecule has 1 aliphatic rings. The number of nitrogens with zero attached hydrogens (tertiary/aromatic N) is 1. The Labute approximate surface area is 271 Å². The van der Waals surface area contributed by atoms with E-state index in [1.807, 2.05) is 6.92 Å². The summed E-state index contributed by atoms with van der Waals surface area (Å²) < 4.78 is 29.4. The quantitative estimate of drug-likeness (QED) is 0.188. The van der Waals surface area contributed by atoms with Gasteiger partial charge in [0.25, 0.3) is 0 Å². The first-order valence-corrected chi connectivity index (χ1v) is 15.6. The smallest absolute Gasteiger partial charge is 0.408 e. The van der Waals surface area contributed by atoms with Gasteiger partial charge in [-0.1, -0.05) is 69.1 Å². The predicted molar refractivity (Wildman–Crippen MR) is 170 cm³/mol. The number of fused-ring (bicyclic) bond motifs is 3. The lowest BCUT2D eigenvalue weighted by molar-refractivity contribution is -0.139. The number of hydrogen-bond acceptors (Lipinski definition) is 4. The summed E-state index contributed by atoms with van der Waals surface area (Å²) in [5, 5.41) is 16.3. The van der Waals surface area contributed by atoms with Crippen LogP contribution in [0.15, 0.2) is 42.5 Å². The SMILES string of the molecule is CC[C@H](C)[C@H](NC(=O)[C@@]1(NC(=O)C(C(C)C(C)F)N(Cc2ccccc2)C(=O)O)CCc2[nH]c3c(Cl)cc(F)cc3c2C1)C(N)=O. The summed E-state index contributed by atoms with van der Waals surface area (Å²) in [7, 11) is 0. The average Bonchev–Trinajstić information content (AvgIpc) is 3.36. The third kappa shape index (κ3) is 7.11. The molecule has 0 bridgehead atoms. The number of halogens is 3. The Kier molecular flexibility index (Phi) is 10.6. The van der Waals surface area contributed by atoms with Crippen molar-refractivity contribution in [3.8, 4) is 0 Å². The van der Waals surface area contributed by atoms with E-state index < -0.39 is 59.3 Å². The summed E-state index contributed by atoms with van der Waals surface area (Å²) >= 11 is 6.32. The van der Waals surface area contributed by atoms with Crippen LogP contribution in [0.5, 0.6) is 0 Å². The van der Waals surface area contributed by atoms with Crippen molar-refractivity contribution < 1.29 is 33.1 Å². The van der Waals surface area contributed by atoms with Crippen LogP contribution in [0.4, 0.5) is 13.6 Å². The Morgan fingerprint density at radius 3 is 2.41 bits per heavy atom. The summed E-state index contributed by atoms with van der Waals surface area (Å²) in [6.45, 7) is 6.03. The lowest BCUT2D eigenvalue weighted by atomic mass is 9.78. The summed E-state index contributed by atoms with van der Waals surface area (Å²) in [6.07, 6.45) is -2.45. The highest BCUT2D eigenvalue weighted by Crippen LogP contribution is 2.38. The lowest BCUT2D eigenvalue weighted by Crippen LogP contribution is -2.67. The first kappa shape index (κ1) is 34.7. The molecule has 0 saturated heterocycles. The molecule has 13 heteroatoms. The van der Waals surface area contributed by atoms with Crippen molar-refractivity contribution in [2.24, 2.45) is 17.6 Å². The van der Waals surface area contributed by atoms with E-state index in [1.54, 1.807) is 37.3 Å². The second-order valence-corrected chi connectivity index (χ2v) is 12.7. The summed E-state index contributed by atoms with van der Waals surface area (Å²) in [5.41, 5.74) is 6.16. The van der Waals surface area contributed by atoms with Crippen LogP contribution in [0.2, 0.25) is 5.02 Å². The van der Waals surface area contributed by atoms with Crippen LogP contribution < -0.4 is 16.4 Å². The number of aryl methyl sites for hydroxylation is 1. The topological polar surface area (TPSA) is 158 Å². The van der Waals surface area contributed by atoms with E-state index in [4.69, 9.17) is 17.3 Å². The second-order valence-electron chi connectivity index (χ2n) is 12.3. The Balaban J connectivity index is 1.81. The Morgan fingerprint density at radius 1 is 1.15 bits per heavy atom. The van der Waals surface area contributed by atoms with Crippen molar-refractivity contribution >= 4 is 46.3 Å². The molecule has 1 heterocycles. The van der Waals surface area contributed by atoms with E-state index in [1.165, 1.54) is 19.9 Å². The Morgan fingerprint density at radius 2 is 1.83 bits per heavy atom. The molecule has 46 heavy (non-hydrogen) atoms. The zero-order valence-electron chi connectivity index (χ0n) is 26.2. The fourth-order valence-electron chi connectivity index (χ4n) is 6.13. The van der Waals surface area contributed by atoms with Gasteiger partial charge in [-0.05, 0) is 48.9 Å². The van der Waals surface area contributed by atoms with E-state index in [-0.39, 0.29) is 36.7 Å². The summed E-state index contributed by atoms with van der Waals surface area (Å²) in [4.78, 5) is 57.6. The van der Waals surface area contributed by atoms with Crippen molar-refractivity contribution in [2.75, 3.05) is 0 Å². The third-order valence-corrected chi connectivity index (χ3v) is 9.47. The van der Waals surface area contributed by atoms with Gasteiger partial charge in [-0.15, -0.1) is 0 Å². The average molecular weight is 660 g/mol. The highest BCUT2D eigenvalue weighted by Gasteiger charge is 2.48. The zero-order valence-corrected chi connectivity index (χ0v) is 27.0. The van der Waals surface area contributed by atoms with Crippen molar-refractivity contribution in [2.45, 2.75) is 83.7 Å². The molecule has 6 atom stereocenters. The number of rotatable bonds is 12. The van der Waals surface area contributed by atoms with Crippen LogP contribution >= 0.6 is 11.6 Å². The predicted octanol–water partition coefficient (Wildman–Crippen LogP) is 4.86. The van der Waals surface area contributed by atoms with Gasteiger partial charge in [-0.2, -0.15) is 0 Å². The molecule has 0 spiro atoms. The van der Waals surface area contributed by atoms with Gasteiger partial charge in [0.1, 0.15) is 29.6 Å². The van der Waals surface area contributed by atoms with Gasteiger partial charge in [0.2, 0.25) is 17.7 Å². The van der Waals surface area contributed by atoms with Crippen molar-refractivity contribution in [1.82, 2.24) is 20.5 Å². The number of primary amides is 1. The number of alkyl halides is 1. The molecule has 3 aromatic rings. The first-order valence-electron chi connectivity index (χ1n) is 15.3. The summed E-state index contributed by atoms with van der Waals surface area (Å²) in [5.74, 6) is -4.44. The van der Waals surface area contributed by atoms with Crippen LogP contribution in [0.25, 0.3) is 10.9 Å². The number of nitrogens with one attached hydrogen (secondary N) is 3. The standard InChI is InChI=1S/C33H40ClF2N5O5/c1-5-17(2)26(29(37)42)39-31(44)33(12-11-25-23(15-33)22-13-21(36)14-24(34)27(22)38-25)40-30(43)28(18(3)19(4)35)41(32(45)46)16-20-9-7-6-8-10-20/h6-10,13-14,17-19,26,28,38H,5,11-12,15-16H2,1-4H3,(H2,37,42)(H,39,44)(H,40,43)(H,45,46)/t17-,18?,19?,26-,28?,33+/m0/s1. The second kappa shape index (κ2) is 14.1. The number of aromatic nitrogens is 1. The number of carboxylic acid groups (broad SMARTS) is 1. The molecule has 6 N–H and O–H groups in total. The summed E-state index contributed by atoms with van der Waals surface area (Å²) in [6, 6.07) is 8.39. The van der Waals surface area contributed by atoms with Crippen LogP contribution in [0, 0.1) is 17.7 Å². The fraction of sp³-hybridized carbons (Fsp3) is 0.455. The van der Waals surface area contributed by atoms with Crippen molar-refractivity contribution in [3.63, 3.8) is 0 Å². The molecule has 4 rings (SSSR count). The molecule has 0 saturated carbocycles. The number of H-pyrrole nitrogens is 1. The number of nitrogens with two attached hydrogens (primary N) is 1. The van der Waals surface area contributed by atoms with Gasteiger partial charge in [0.15, 0.2) is 0 Å².